The first-order valence-corrected chi connectivity index (χ1v) is 7.56. The lowest BCUT2D eigenvalue weighted by Gasteiger charge is -2.39. The minimum absolute atomic E-state index is 0. The molecule has 5 rings (SSSR count). The Morgan fingerprint density at radius 2 is 2.04 bits per heavy atom. The van der Waals surface area contributed by atoms with Crippen molar-refractivity contribution in [3.8, 4) is 0 Å². The van der Waals surface area contributed by atoms with Gasteiger partial charge in [0, 0.05) is 23.2 Å². The lowest BCUT2D eigenvalue weighted by Crippen LogP contribution is -2.47. The molecule has 1 aromatic heterocycles. The smallest absolute Gasteiger partial charge is 0.272 e. The second-order valence-corrected chi connectivity index (χ2v) is 6.55. The highest BCUT2D eigenvalue weighted by Crippen LogP contribution is 2.46. The first-order valence-electron chi connectivity index (χ1n) is 7.56. The number of carbonyl (C=O) groups excluding carboxylic acids is 1. The Kier molecular flexibility index (Phi) is 4.47. The SMILES string of the molecule is C[C@]12CCCN1CC1=NNC(=O)c3cc(F)cc4[nH]c2c1c34.O.O.O. The van der Waals surface area contributed by atoms with Crippen molar-refractivity contribution < 1.29 is 25.6 Å². The predicted molar refractivity (Wildman–Crippen MR) is 91.3 cm³/mol. The van der Waals surface area contributed by atoms with E-state index in [2.05, 4.69) is 27.3 Å². The van der Waals surface area contributed by atoms with Gasteiger partial charge in [0.25, 0.3) is 5.91 Å². The fourth-order valence-electron chi connectivity index (χ4n) is 4.25. The van der Waals surface area contributed by atoms with Crippen molar-refractivity contribution in [1.82, 2.24) is 15.3 Å². The standard InChI is InChI=1S/C16H15FN4O.3H2O/c1-16-3-2-4-21(16)7-11-13-12-9(15(22)20-19-11)5-8(17)6-10(12)18-14(13)16;;;/h5-6,18H,2-4,7H2,1H3,(H,20,22);3*1H2/t16-;;;/m1.../s1. The molecule has 1 fully saturated rings. The van der Waals surface area contributed by atoms with Gasteiger partial charge in [-0.05, 0) is 38.4 Å². The molecule has 1 amide bonds. The average Bonchev–Trinajstić information content (AvgIpc) is 3.00. The van der Waals surface area contributed by atoms with Crippen molar-refractivity contribution in [2.45, 2.75) is 25.3 Å². The van der Waals surface area contributed by atoms with Gasteiger partial charge in [0.2, 0.25) is 0 Å². The maximum Gasteiger partial charge on any atom is 0.272 e. The van der Waals surface area contributed by atoms with Crippen LogP contribution in [0.1, 0.15) is 41.4 Å². The van der Waals surface area contributed by atoms with Crippen LogP contribution >= 0.6 is 0 Å². The highest BCUT2D eigenvalue weighted by molar-refractivity contribution is 6.21. The van der Waals surface area contributed by atoms with E-state index in [1.807, 2.05) is 0 Å². The Labute approximate surface area is 142 Å². The van der Waals surface area contributed by atoms with Crippen LogP contribution in [0.5, 0.6) is 0 Å². The summed E-state index contributed by atoms with van der Waals surface area (Å²) in [4.78, 5) is 18.0. The van der Waals surface area contributed by atoms with Crippen LogP contribution in [0.15, 0.2) is 17.2 Å². The number of hydrazone groups is 1. The van der Waals surface area contributed by atoms with Gasteiger partial charge in [0.1, 0.15) is 5.82 Å². The Balaban J connectivity index is 0.000000751. The van der Waals surface area contributed by atoms with Gasteiger partial charge in [-0.2, -0.15) is 5.10 Å². The molecule has 3 aliphatic heterocycles. The molecule has 8 N–H and O–H groups in total. The van der Waals surface area contributed by atoms with Crippen LogP contribution in [-0.2, 0) is 5.54 Å². The van der Waals surface area contributed by atoms with Gasteiger partial charge < -0.3 is 21.4 Å². The van der Waals surface area contributed by atoms with Gasteiger partial charge in [0.05, 0.1) is 22.3 Å². The van der Waals surface area contributed by atoms with Crippen LogP contribution in [0, 0.1) is 5.82 Å². The van der Waals surface area contributed by atoms with Crippen molar-refractivity contribution in [1.29, 1.82) is 0 Å². The van der Waals surface area contributed by atoms with E-state index in [1.54, 1.807) is 0 Å². The largest absolute Gasteiger partial charge is 0.412 e. The van der Waals surface area contributed by atoms with Crippen LogP contribution < -0.4 is 5.43 Å². The highest BCUT2D eigenvalue weighted by Gasteiger charge is 2.47. The number of rotatable bonds is 0. The van der Waals surface area contributed by atoms with Crippen LogP contribution in [0.2, 0.25) is 0 Å². The lowest BCUT2D eigenvalue weighted by molar-refractivity contribution is 0.0956. The second kappa shape index (κ2) is 5.88. The monoisotopic (exact) mass is 352 g/mol. The lowest BCUT2D eigenvalue weighted by atomic mass is 9.85. The molecule has 1 atom stereocenters. The van der Waals surface area contributed by atoms with E-state index < -0.39 is 5.82 Å². The number of nitrogens with one attached hydrogen (secondary N) is 2. The maximum atomic E-state index is 13.9. The van der Waals surface area contributed by atoms with Crippen molar-refractivity contribution in [3.63, 3.8) is 0 Å². The topological polar surface area (TPSA) is 155 Å². The predicted octanol–water partition coefficient (Wildman–Crippen LogP) is -0.395. The number of H-pyrrole nitrogens is 1. The molecular weight excluding hydrogens is 331 g/mol. The molecule has 0 spiro atoms. The molecule has 0 radical (unpaired) electrons. The Morgan fingerprint density at radius 3 is 2.80 bits per heavy atom. The Bertz CT molecular complexity index is 894. The number of carbonyl (C=O) groups is 1. The number of benzene rings is 1. The summed E-state index contributed by atoms with van der Waals surface area (Å²) in [7, 11) is 0. The van der Waals surface area contributed by atoms with Crippen LogP contribution in [0.4, 0.5) is 4.39 Å². The molecule has 0 bridgehead atoms. The third kappa shape index (κ3) is 2.20. The number of aromatic nitrogens is 1. The zero-order valence-corrected chi connectivity index (χ0v) is 13.7. The maximum absolute atomic E-state index is 13.9. The zero-order chi connectivity index (χ0) is 15.1. The number of aromatic amines is 1. The van der Waals surface area contributed by atoms with E-state index in [0.717, 1.165) is 41.7 Å². The number of halogens is 1. The quantitative estimate of drug-likeness (QED) is 0.662. The number of hydrogen-bond acceptors (Lipinski definition) is 3. The molecule has 136 valence electrons. The summed E-state index contributed by atoms with van der Waals surface area (Å²) in [5, 5.41) is 5.10. The van der Waals surface area contributed by atoms with Gasteiger partial charge in [-0.1, -0.05) is 0 Å². The molecule has 0 aliphatic carbocycles. The Hall–Kier alpha value is -2.33. The molecule has 0 saturated carbocycles. The molecule has 8 nitrogen and oxygen atoms in total. The van der Waals surface area contributed by atoms with E-state index in [1.165, 1.54) is 12.1 Å². The molecule has 1 aromatic carbocycles. The summed E-state index contributed by atoms with van der Waals surface area (Å²) in [6, 6.07) is 2.77. The number of fused-ring (bicyclic) bond motifs is 2. The molecule has 0 unspecified atom stereocenters. The summed E-state index contributed by atoms with van der Waals surface area (Å²) in [5.41, 5.74) is 6.43. The van der Waals surface area contributed by atoms with E-state index in [0.29, 0.717) is 17.6 Å². The fraction of sp³-hybridized carbons (Fsp3) is 0.375. The van der Waals surface area contributed by atoms with Crippen molar-refractivity contribution in [3.05, 3.63) is 34.8 Å². The molecule has 1 saturated heterocycles. The minimum Gasteiger partial charge on any atom is -0.412 e. The average molecular weight is 352 g/mol. The van der Waals surface area contributed by atoms with E-state index in [9.17, 15) is 9.18 Å². The molecule has 25 heavy (non-hydrogen) atoms. The first-order chi connectivity index (χ1) is 10.6. The van der Waals surface area contributed by atoms with Crippen molar-refractivity contribution >= 4 is 22.5 Å². The van der Waals surface area contributed by atoms with Gasteiger partial charge in [-0.25, -0.2) is 9.82 Å². The summed E-state index contributed by atoms with van der Waals surface area (Å²) in [5.74, 6) is -0.758. The molecular formula is C16H21FN4O4. The summed E-state index contributed by atoms with van der Waals surface area (Å²) < 4.78 is 13.9. The number of hydrogen-bond donors (Lipinski definition) is 2. The van der Waals surface area contributed by atoms with Gasteiger partial charge >= 0.3 is 0 Å². The normalized spacial score (nSPS) is 23.4. The summed E-state index contributed by atoms with van der Waals surface area (Å²) in [6.45, 7) is 3.95. The van der Waals surface area contributed by atoms with Crippen molar-refractivity contribution in [2.24, 2.45) is 5.10 Å². The molecule has 4 heterocycles. The number of amides is 1. The molecule has 9 heteroatoms. The van der Waals surface area contributed by atoms with E-state index in [-0.39, 0.29) is 27.9 Å². The zero-order valence-electron chi connectivity index (χ0n) is 13.7. The van der Waals surface area contributed by atoms with E-state index in [4.69, 9.17) is 0 Å². The minimum atomic E-state index is -0.409. The first kappa shape index (κ1) is 19.0. The third-order valence-electron chi connectivity index (χ3n) is 5.36. The van der Waals surface area contributed by atoms with Crippen LogP contribution in [0.3, 0.4) is 0 Å². The third-order valence-corrected chi connectivity index (χ3v) is 5.36. The van der Waals surface area contributed by atoms with Crippen LogP contribution in [0.25, 0.3) is 10.9 Å². The van der Waals surface area contributed by atoms with Gasteiger partial charge in [-0.15, -0.1) is 0 Å². The molecule has 3 aliphatic rings. The summed E-state index contributed by atoms with van der Waals surface area (Å²) in [6.07, 6.45) is 2.19. The van der Waals surface area contributed by atoms with E-state index >= 15 is 0 Å². The van der Waals surface area contributed by atoms with Gasteiger partial charge in [0.15, 0.2) is 0 Å². The summed E-state index contributed by atoms with van der Waals surface area (Å²) >= 11 is 0. The molecule has 2 aromatic rings. The highest BCUT2D eigenvalue weighted by atomic mass is 19.1. The van der Waals surface area contributed by atoms with Crippen molar-refractivity contribution in [2.75, 3.05) is 13.1 Å². The fourth-order valence-corrected chi connectivity index (χ4v) is 4.25. The van der Waals surface area contributed by atoms with Gasteiger partial charge in [-0.3, -0.25) is 9.69 Å². The van der Waals surface area contributed by atoms with Crippen LogP contribution in [-0.4, -0.2) is 51.0 Å². The Morgan fingerprint density at radius 1 is 1.28 bits per heavy atom. The second-order valence-electron chi connectivity index (χ2n) is 6.55. The number of nitrogens with zero attached hydrogens (tertiary/aromatic N) is 2.